The molecule has 1 atom stereocenters. The Bertz CT molecular complexity index is 1580. The average molecular weight is 530 g/mol. The van der Waals surface area contributed by atoms with Gasteiger partial charge in [0.15, 0.2) is 17.2 Å². The fourth-order valence-electron chi connectivity index (χ4n) is 4.71. The maximum Gasteiger partial charge on any atom is 0.222 e. The van der Waals surface area contributed by atoms with Gasteiger partial charge >= 0.3 is 0 Å². The van der Waals surface area contributed by atoms with Crippen LogP contribution in [0, 0.1) is 11.3 Å². The predicted molar refractivity (Wildman–Crippen MR) is 145 cm³/mol. The molecule has 39 heavy (non-hydrogen) atoms. The van der Waals surface area contributed by atoms with Crippen LogP contribution < -0.4 is 15.4 Å². The van der Waals surface area contributed by atoms with E-state index in [0.717, 1.165) is 23.2 Å². The number of imidazole rings is 1. The van der Waals surface area contributed by atoms with Crippen LogP contribution in [0.25, 0.3) is 11.2 Å². The van der Waals surface area contributed by atoms with Crippen molar-refractivity contribution in [1.82, 2.24) is 29.3 Å². The molecule has 4 aromatic heterocycles. The Morgan fingerprint density at radius 2 is 2.13 bits per heavy atom. The van der Waals surface area contributed by atoms with Gasteiger partial charge in [-0.1, -0.05) is 6.92 Å². The van der Waals surface area contributed by atoms with E-state index >= 15 is 0 Å². The number of carbonyl (C=O) groups excluding carboxylic acids is 1. The maximum atomic E-state index is 11.4. The lowest BCUT2D eigenvalue weighted by Gasteiger charge is -2.20. The third-order valence-electron chi connectivity index (χ3n) is 6.73. The molecule has 1 saturated heterocycles. The number of carbonyl (C=O) groups is 1. The Balaban J connectivity index is 1.48. The third-order valence-corrected chi connectivity index (χ3v) is 6.73. The first-order valence-electron chi connectivity index (χ1n) is 12.8. The minimum atomic E-state index is -0.724. The van der Waals surface area contributed by atoms with Gasteiger partial charge < -0.3 is 24.7 Å². The van der Waals surface area contributed by atoms with Gasteiger partial charge in [0.2, 0.25) is 11.9 Å². The lowest BCUT2D eigenvalue weighted by Crippen LogP contribution is -2.23. The molecule has 2 N–H and O–H groups in total. The fourth-order valence-corrected chi connectivity index (χ4v) is 4.71. The quantitative estimate of drug-likeness (QED) is 0.340. The number of hydrogen-bond donors (Lipinski definition) is 2. The first kappa shape index (κ1) is 26.1. The van der Waals surface area contributed by atoms with E-state index in [9.17, 15) is 10.1 Å². The molecule has 0 spiro atoms. The van der Waals surface area contributed by atoms with Crippen LogP contribution in [0.5, 0.6) is 11.5 Å². The van der Waals surface area contributed by atoms with Crippen LogP contribution in [0.15, 0.2) is 30.6 Å². The number of nitriles is 1. The highest BCUT2D eigenvalue weighted by atomic mass is 16.5. The number of nitrogens with zero attached hydrogens (tertiary/aromatic N) is 7. The summed E-state index contributed by atoms with van der Waals surface area (Å²) in [5.74, 6) is 2.46. The summed E-state index contributed by atoms with van der Waals surface area (Å²) < 4.78 is 15.6. The Hall–Kier alpha value is -4.50. The number of anilines is 3. The minimum absolute atomic E-state index is 0.0797. The summed E-state index contributed by atoms with van der Waals surface area (Å²) in [5.41, 5.74) is 2.42. The molecular weight excluding hydrogens is 498 g/mol. The smallest absolute Gasteiger partial charge is 0.222 e. The number of pyridine rings is 2. The lowest BCUT2D eigenvalue weighted by molar-refractivity contribution is -0.114. The molecule has 0 radical (unpaired) electrons. The molecule has 1 amide bonds. The Morgan fingerprint density at radius 3 is 2.82 bits per heavy atom. The number of aryl methyl sites for hydroxylation is 2. The van der Waals surface area contributed by atoms with Crippen LogP contribution in [-0.2, 0) is 28.4 Å². The Labute approximate surface area is 226 Å². The maximum absolute atomic E-state index is 11.4. The zero-order valence-electron chi connectivity index (χ0n) is 22.6. The van der Waals surface area contributed by atoms with Crippen molar-refractivity contribution in [2.75, 3.05) is 23.8 Å². The lowest BCUT2D eigenvalue weighted by atomic mass is 9.91. The zero-order chi connectivity index (χ0) is 27.7. The van der Waals surface area contributed by atoms with Crippen molar-refractivity contribution < 1.29 is 14.3 Å². The summed E-state index contributed by atoms with van der Waals surface area (Å²) in [5, 5.41) is 20.6. The Morgan fingerprint density at radius 1 is 1.31 bits per heavy atom. The molecule has 1 aliphatic rings. The molecule has 0 saturated carbocycles. The third kappa shape index (κ3) is 5.13. The summed E-state index contributed by atoms with van der Waals surface area (Å²) in [6.45, 7) is 8.48. The van der Waals surface area contributed by atoms with Gasteiger partial charge in [-0.15, -0.1) is 0 Å². The molecule has 1 aliphatic heterocycles. The Kier molecular flexibility index (Phi) is 6.93. The van der Waals surface area contributed by atoms with E-state index in [2.05, 4.69) is 26.7 Å². The van der Waals surface area contributed by atoms with E-state index in [1.54, 1.807) is 24.5 Å². The average Bonchev–Trinajstić information content (AvgIpc) is 3.64. The van der Waals surface area contributed by atoms with E-state index in [-0.39, 0.29) is 11.9 Å². The number of nitrogens with one attached hydrogen (secondary N) is 2. The van der Waals surface area contributed by atoms with Gasteiger partial charge in [-0.3, -0.25) is 9.48 Å². The van der Waals surface area contributed by atoms with Crippen LogP contribution in [0.2, 0.25) is 0 Å². The van der Waals surface area contributed by atoms with E-state index in [4.69, 9.17) is 19.6 Å². The van der Waals surface area contributed by atoms with Gasteiger partial charge in [0.25, 0.3) is 0 Å². The second kappa shape index (κ2) is 10.3. The van der Waals surface area contributed by atoms with Crippen molar-refractivity contribution >= 4 is 34.7 Å². The molecule has 12 heteroatoms. The number of aromatic nitrogens is 6. The fraction of sp³-hybridized carbons (Fsp3) is 0.407. The topological polar surface area (TPSA) is 145 Å². The van der Waals surface area contributed by atoms with Gasteiger partial charge in [-0.05, 0) is 32.8 Å². The number of ether oxygens (including phenoxy) is 2. The summed E-state index contributed by atoms with van der Waals surface area (Å²) in [7, 11) is 1.91. The van der Waals surface area contributed by atoms with Crippen LogP contribution >= 0.6 is 0 Å². The van der Waals surface area contributed by atoms with Gasteiger partial charge in [-0.2, -0.15) is 15.3 Å². The number of rotatable bonds is 8. The second-order valence-electron chi connectivity index (χ2n) is 10.0. The summed E-state index contributed by atoms with van der Waals surface area (Å²) >= 11 is 0. The summed E-state index contributed by atoms with van der Waals surface area (Å²) in [6.07, 6.45) is 4.74. The molecule has 0 aliphatic carbocycles. The SMILES string of the molecule is CCc1c(Oc2ccnc(NC(C)=O)c2)cnc2nc(Nc3cc(C(C)(C)C#N)n([C@H]4CCOC4)n3)n(C)c12. The van der Waals surface area contributed by atoms with Gasteiger partial charge in [0, 0.05) is 44.5 Å². The molecule has 5 rings (SSSR count). The van der Waals surface area contributed by atoms with Crippen LogP contribution in [0.4, 0.5) is 17.6 Å². The minimum Gasteiger partial charge on any atom is -0.455 e. The van der Waals surface area contributed by atoms with Crippen molar-refractivity contribution in [3.8, 4) is 17.6 Å². The molecule has 0 aromatic carbocycles. The molecule has 1 fully saturated rings. The van der Waals surface area contributed by atoms with Crippen LogP contribution in [-0.4, -0.2) is 48.4 Å². The molecular formula is C27H31N9O3. The molecule has 0 unspecified atom stereocenters. The number of hydrogen-bond acceptors (Lipinski definition) is 9. The number of fused-ring (bicyclic) bond motifs is 1. The largest absolute Gasteiger partial charge is 0.455 e. The molecule has 4 aromatic rings. The monoisotopic (exact) mass is 529 g/mol. The molecule has 5 heterocycles. The highest BCUT2D eigenvalue weighted by molar-refractivity contribution is 5.87. The van der Waals surface area contributed by atoms with E-state index in [1.807, 2.05) is 43.1 Å². The van der Waals surface area contributed by atoms with E-state index < -0.39 is 5.41 Å². The van der Waals surface area contributed by atoms with Crippen molar-refractivity contribution in [1.29, 1.82) is 5.26 Å². The summed E-state index contributed by atoms with van der Waals surface area (Å²) in [6, 6.07) is 7.75. The van der Waals surface area contributed by atoms with Crippen molar-refractivity contribution in [2.45, 2.75) is 52.0 Å². The first-order chi connectivity index (χ1) is 18.7. The van der Waals surface area contributed by atoms with Crippen molar-refractivity contribution in [2.24, 2.45) is 7.05 Å². The molecule has 202 valence electrons. The van der Waals surface area contributed by atoms with Gasteiger partial charge in [0.05, 0.1) is 41.5 Å². The zero-order valence-corrected chi connectivity index (χ0v) is 22.6. The number of amides is 1. The van der Waals surface area contributed by atoms with Gasteiger partial charge in [-0.25, -0.2) is 9.97 Å². The van der Waals surface area contributed by atoms with E-state index in [0.29, 0.717) is 54.4 Å². The summed E-state index contributed by atoms with van der Waals surface area (Å²) in [4.78, 5) is 24.8. The van der Waals surface area contributed by atoms with Crippen molar-refractivity contribution in [3.05, 3.63) is 41.9 Å². The second-order valence-corrected chi connectivity index (χ2v) is 10.0. The van der Waals surface area contributed by atoms with Crippen molar-refractivity contribution in [3.63, 3.8) is 0 Å². The standard InChI is InChI=1S/C27H31N9O3/c1-6-19-20(39-18-7-9-29-22(11-18)31-16(2)37)13-30-25-24(19)35(5)26(33-25)32-23-12-21(27(3,4)15-28)36(34-23)17-8-10-38-14-17/h7,9,11-13,17H,6,8,10,14H2,1-5H3,(H,29,31,37)(H,30,32,33,34)/t17-/m0/s1. The van der Waals surface area contributed by atoms with E-state index in [1.165, 1.54) is 6.92 Å². The highest BCUT2D eigenvalue weighted by Crippen LogP contribution is 2.34. The molecule has 0 bridgehead atoms. The normalized spacial score (nSPS) is 15.3. The predicted octanol–water partition coefficient (Wildman–Crippen LogP) is 4.38. The van der Waals surface area contributed by atoms with Crippen LogP contribution in [0.3, 0.4) is 0 Å². The first-order valence-corrected chi connectivity index (χ1v) is 12.8. The highest BCUT2D eigenvalue weighted by Gasteiger charge is 2.31. The molecule has 12 nitrogen and oxygen atoms in total. The van der Waals surface area contributed by atoms with Gasteiger partial charge in [0.1, 0.15) is 11.6 Å². The van der Waals surface area contributed by atoms with Crippen LogP contribution in [0.1, 0.15) is 51.4 Å².